The minimum atomic E-state index is 0. The second-order valence-corrected chi connectivity index (χ2v) is 7.79. The summed E-state index contributed by atoms with van der Waals surface area (Å²) in [5, 5.41) is 6.22. The lowest BCUT2D eigenvalue weighted by Gasteiger charge is -2.34. The number of aliphatic imine (C=N–C) groups is 1. The highest BCUT2D eigenvalue weighted by Gasteiger charge is 2.24. The molecule has 1 saturated heterocycles. The van der Waals surface area contributed by atoms with Gasteiger partial charge >= 0.3 is 0 Å². The number of benzene rings is 1. The molecular formula is C22H35IN4O. The minimum Gasteiger partial charge on any atom is -0.359 e. The molecule has 1 heterocycles. The largest absolute Gasteiger partial charge is 0.359 e. The normalized spacial score (nSPS) is 20.1. The number of aryl methyl sites for hydroxylation is 1. The summed E-state index contributed by atoms with van der Waals surface area (Å²) < 4.78 is 0. The van der Waals surface area contributed by atoms with E-state index in [1.54, 1.807) is 7.05 Å². The number of carbonyl (C=O) groups excluding carboxylic acids is 1. The summed E-state index contributed by atoms with van der Waals surface area (Å²) >= 11 is 0. The summed E-state index contributed by atoms with van der Waals surface area (Å²) in [4.78, 5) is 19.0. The van der Waals surface area contributed by atoms with Crippen LogP contribution in [0.5, 0.6) is 0 Å². The van der Waals surface area contributed by atoms with Crippen LogP contribution in [0.2, 0.25) is 0 Å². The number of rotatable bonds is 5. The van der Waals surface area contributed by atoms with Crippen LogP contribution in [0.15, 0.2) is 29.3 Å². The second kappa shape index (κ2) is 11.6. The van der Waals surface area contributed by atoms with E-state index < -0.39 is 0 Å². The number of piperidine rings is 1. The average molecular weight is 498 g/mol. The first-order chi connectivity index (χ1) is 13.2. The van der Waals surface area contributed by atoms with Gasteiger partial charge in [0.15, 0.2) is 5.96 Å². The zero-order valence-corrected chi connectivity index (χ0v) is 19.6. The molecule has 0 spiro atoms. The fraction of sp³-hybridized carbons (Fsp3) is 0.636. The maximum atomic E-state index is 11.6. The van der Waals surface area contributed by atoms with Gasteiger partial charge in [-0.05, 0) is 56.1 Å². The SMILES string of the molecule is CCNC(=NCC1CCCc2ccccc21)N1CCC(CC(=O)NC)CC1.I. The quantitative estimate of drug-likeness (QED) is 0.371. The monoisotopic (exact) mass is 498 g/mol. The van der Waals surface area contributed by atoms with Gasteiger partial charge in [0.25, 0.3) is 0 Å². The maximum absolute atomic E-state index is 11.6. The summed E-state index contributed by atoms with van der Waals surface area (Å²) in [6.07, 6.45) is 6.47. The highest BCUT2D eigenvalue weighted by Crippen LogP contribution is 2.31. The van der Waals surface area contributed by atoms with E-state index in [0.717, 1.165) is 45.0 Å². The van der Waals surface area contributed by atoms with Crippen molar-refractivity contribution in [3.05, 3.63) is 35.4 Å². The molecule has 156 valence electrons. The summed E-state index contributed by atoms with van der Waals surface area (Å²) in [7, 11) is 1.72. The molecule has 0 bridgehead atoms. The van der Waals surface area contributed by atoms with Crippen LogP contribution in [-0.2, 0) is 11.2 Å². The van der Waals surface area contributed by atoms with Crippen molar-refractivity contribution >= 4 is 35.8 Å². The Balaban J connectivity index is 0.00000280. The van der Waals surface area contributed by atoms with Crippen molar-refractivity contribution in [1.29, 1.82) is 0 Å². The molecule has 28 heavy (non-hydrogen) atoms. The lowest BCUT2D eigenvalue weighted by Crippen LogP contribution is -2.46. The third-order valence-electron chi connectivity index (χ3n) is 5.96. The average Bonchev–Trinajstić information content (AvgIpc) is 2.71. The molecule has 1 fully saturated rings. The van der Waals surface area contributed by atoms with Gasteiger partial charge < -0.3 is 15.5 Å². The Morgan fingerprint density at radius 1 is 1.21 bits per heavy atom. The van der Waals surface area contributed by atoms with Gasteiger partial charge in [0.05, 0.1) is 0 Å². The van der Waals surface area contributed by atoms with E-state index in [1.807, 2.05) is 0 Å². The van der Waals surface area contributed by atoms with Crippen LogP contribution in [0.1, 0.15) is 56.1 Å². The van der Waals surface area contributed by atoms with Gasteiger partial charge in [-0.1, -0.05) is 24.3 Å². The first kappa shape index (κ1) is 23.0. The highest BCUT2D eigenvalue weighted by molar-refractivity contribution is 14.0. The van der Waals surface area contributed by atoms with Gasteiger partial charge in [-0.25, -0.2) is 0 Å². The smallest absolute Gasteiger partial charge is 0.220 e. The maximum Gasteiger partial charge on any atom is 0.220 e. The van der Waals surface area contributed by atoms with E-state index in [1.165, 1.54) is 30.4 Å². The number of fused-ring (bicyclic) bond motifs is 1. The third-order valence-corrected chi connectivity index (χ3v) is 5.96. The van der Waals surface area contributed by atoms with Gasteiger partial charge in [0.1, 0.15) is 0 Å². The predicted molar refractivity (Wildman–Crippen MR) is 126 cm³/mol. The highest BCUT2D eigenvalue weighted by atomic mass is 127. The number of likely N-dealkylation sites (tertiary alicyclic amines) is 1. The fourth-order valence-corrected chi connectivity index (χ4v) is 4.38. The van der Waals surface area contributed by atoms with Crippen LogP contribution in [0.25, 0.3) is 0 Å². The number of amides is 1. The van der Waals surface area contributed by atoms with Crippen LogP contribution in [0.3, 0.4) is 0 Å². The van der Waals surface area contributed by atoms with Crippen LogP contribution >= 0.6 is 24.0 Å². The molecule has 0 aromatic heterocycles. The number of guanidine groups is 1. The van der Waals surface area contributed by atoms with Gasteiger partial charge in [0.2, 0.25) is 5.91 Å². The lowest BCUT2D eigenvalue weighted by atomic mass is 9.83. The van der Waals surface area contributed by atoms with Crippen molar-refractivity contribution in [1.82, 2.24) is 15.5 Å². The second-order valence-electron chi connectivity index (χ2n) is 7.79. The van der Waals surface area contributed by atoms with Crippen molar-refractivity contribution in [2.45, 2.75) is 51.4 Å². The summed E-state index contributed by atoms with van der Waals surface area (Å²) in [5.41, 5.74) is 3.00. The first-order valence-electron chi connectivity index (χ1n) is 10.5. The fourth-order valence-electron chi connectivity index (χ4n) is 4.38. The molecule has 1 atom stereocenters. The van der Waals surface area contributed by atoms with Crippen LogP contribution in [0, 0.1) is 5.92 Å². The predicted octanol–water partition coefficient (Wildman–Crippen LogP) is 3.54. The topological polar surface area (TPSA) is 56.7 Å². The van der Waals surface area contributed by atoms with Crippen molar-refractivity contribution < 1.29 is 4.79 Å². The zero-order valence-electron chi connectivity index (χ0n) is 17.2. The van der Waals surface area contributed by atoms with Crippen molar-refractivity contribution in [3.8, 4) is 0 Å². The van der Waals surface area contributed by atoms with Crippen LogP contribution in [0.4, 0.5) is 0 Å². The molecule has 1 aromatic rings. The Morgan fingerprint density at radius 3 is 2.68 bits per heavy atom. The molecular weight excluding hydrogens is 463 g/mol. The number of nitrogens with zero attached hydrogens (tertiary/aromatic N) is 2. The molecule has 6 heteroatoms. The van der Waals surface area contributed by atoms with E-state index in [0.29, 0.717) is 18.3 Å². The number of nitrogens with one attached hydrogen (secondary N) is 2. The lowest BCUT2D eigenvalue weighted by molar-refractivity contribution is -0.121. The van der Waals surface area contributed by atoms with Crippen molar-refractivity contribution in [2.75, 3.05) is 33.2 Å². The molecule has 1 aliphatic carbocycles. The van der Waals surface area contributed by atoms with Gasteiger partial charge in [-0.3, -0.25) is 9.79 Å². The Hall–Kier alpha value is -1.31. The Labute approximate surface area is 186 Å². The van der Waals surface area contributed by atoms with E-state index in [4.69, 9.17) is 4.99 Å². The Morgan fingerprint density at radius 2 is 1.96 bits per heavy atom. The molecule has 0 saturated carbocycles. The molecule has 1 aliphatic heterocycles. The zero-order chi connectivity index (χ0) is 19.1. The molecule has 1 amide bonds. The molecule has 2 N–H and O–H groups in total. The van der Waals surface area contributed by atoms with E-state index in [9.17, 15) is 4.79 Å². The minimum absolute atomic E-state index is 0. The van der Waals surface area contributed by atoms with Crippen molar-refractivity contribution in [2.24, 2.45) is 10.9 Å². The van der Waals surface area contributed by atoms with Gasteiger partial charge in [-0.2, -0.15) is 0 Å². The molecule has 1 unspecified atom stereocenters. The number of carbonyl (C=O) groups is 1. The van der Waals surface area contributed by atoms with Crippen molar-refractivity contribution in [3.63, 3.8) is 0 Å². The van der Waals surface area contributed by atoms with E-state index >= 15 is 0 Å². The Bertz CT molecular complexity index is 656. The number of halogens is 1. The van der Waals surface area contributed by atoms with Crippen LogP contribution in [-0.4, -0.2) is 50.0 Å². The summed E-state index contributed by atoms with van der Waals surface area (Å²) in [6, 6.07) is 8.86. The molecule has 0 radical (unpaired) electrons. The number of hydrogen-bond acceptors (Lipinski definition) is 2. The summed E-state index contributed by atoms with van der Waals surface area (Å²) in [6.45, 7) is 5.84. The van der Waals surface area contributed by atoms with Gasteiger partial charge in [0, 0.05) is 45.6 Å². The first-order valence-corrected chi connectivity index (χ1v) is 10.5. The third kappa shape index (κ3) is 6.09. The Kier molecular flexibility index (Phi) is 9.55. The number of hydrogen-bond donors (Lipinski definition) is 2. The van der Waals surface area contributed by atoms with Crippen LogP contribution < -0.4 is 10.6 Å². The molecule has 3 rings (SSSR count). The van der Waals surface area contributed by atoms with E-state index in [2.05, 4.69) is 46.7 Å². The summed E-state index contributed by atoms with van der Waals surface area (Å²) in [5.74, 6) is 2.23. The molecule has 2 aliphatic rings. The van der Waals surface area contributed by atoms with Gasteiger partial charge in [-0.15, -0.1) is 24.0 Å². The standard InChI is InChI=1S/C22H34N4O.HI/c1-3-24-22(26-13-11-17(12-14-26)15-21(27)23-2)25-16-19-9-6-8-18-7-4-5-10-20(18)19;/h4-5,7,10,17,19H,3,6,8-9,11-16H2,1-2H3,(H,23,27)(H,24,25);1H. The molecule has 5 nitrogen and oxygen atoms in total. The van der Waals surface area contributed by atoms with E-state index in [-0.39, 0.29) is 29.9 Å². The molecule has 1 aromatic carbocycles.